The molecule has 0 amide bonds. The molecule has 56 valence electrons. The minimum Gasteiger partial charge on any atom is -0.299 e. The third kappa shape index (κ3) is 0.946. The molecule has 0 spiro atoms. The summed E-state index contributed by atoms with van der Waals surface area (Å²) in [6, 6.07) is 0. The topological polar surface area (TPSA) is 34.1 Å². The standard InChI is InChI=1S/C9H8O2/c10-8-3-1-6-5-7(8)2-4-9(6)11/h1-3,6H,4-5H2. The van der Waals surface area contributed by atoms with Gasteiger partial charge in [0.1, 0.15) is 5.78 Å². The fraction of sp³-hybridized carbons (Fsp3) is 0.333. The number of hydrogen-bond acceptors (Lipinski definition) is 2. The molecule has 0 aromatic heterocycles. The van der Waals surface area contributed by atoms with Gasteiger partial charge < -0.3 is 0 Å². The van der Waals surface area contributed by atoms with Crippen molar-refractivity contribution in [3.05, 3.63) is 23.8 Å². The van der Waals surface area contributed by atoms with Crippen LogP contribution >= 0.6 is 0 Å². The quantitative estimate of drug-likeness (QED) is 0.514. The van der Waals surface area contributed by atoms with Crippen molar-refractivity contribution in [2.24, 2.45) is 5.92 Å². The second-order valence-electron chi connectivity index (χ2n) is 2.93. The van der Waals surface area contributed by atoms with E-state index in [0.29, 0.717) is 12.8 Å². The minimum absolute atomic E-state index is 0.00676. The van der Waals surface area contributed by atoms with Crippen LogP contribution in [0, 0.1) is 5.92 Å². The van der Waals surface area contributed by atoms with Crippen molar-refractivity contribution >= 4 is 11.6 Å². The molecule has 1 unspecified atom stereocenters. The first-order chi connectivity index (χ1) is 5.27. The van der Waals surface area contributed by atoms with Crippen molar-refractivity contribution in [2.45, 2.75) is 12.8 Å². The van der Waals surface area contributed by atoms with Gasteiger partial charge in [-0.15, -0.1) is 0 Å². The number of carbonyl (C=O) groups is 2. The molecule has 0 aromatic rings. The van der Waals surface area contributed by atoms with E-state index in [0.717, 1.165) is 5.57 Å². The van der Waals surface area contributed by atoms with Gasteiger partial charge in [-0.3, -0.25) is 9.59 Å². The van der Waals surface area contributed by atoms with Gasteiger partial charge in [-0.1, -0.05) is 12.2 Å². The Bertz CT molecular complexity index is 284. The highest BCUT2D eigenvalue weighted by atomic mass is 16.1. The molecular formula is C9H8O2. The summed E-state index contributed by atoms with van der Waals surface area (Å²) in [5.41, 5.74) is 0.817. The molecule has 0 radical (unpaired) electrons. The van der Waals surface area contributed by atoms with Crippen LogP contribution in [0.3, 0.4) is 0 Å². The summed E-state index contributed by atoms with van der Waals surface area (Å²) in [6.45, 7) is 0. The third-order valence-electron chi connectivity index (χ3n) is 2.20. The van der Waals surface area contributed by atoms with Crippen LogP contribution in [0.2, 0.25) is 0 Å². The summed E-state index contributed by atoms with van der Waals surface area (Å²) in [6.07, 6.45) is 6.06. The molecule has 2 nitrogen and oxygen atoms in total. The van der Waals surface area contributed by atoms with Crippen LogP contribution in [0.5, 0.6) is 0 Å². The fourth-order valence-electron chi connectivity index (χ4n) is 1.50. The summed E-state index contributed by atoms with van der Waals surface area (Å²) in [5, 5.41) is 0. The van der Waals surface area contributed by atoms with E-state index in [1.165, 1.54) is 6.08 Å². The molecular weight excluding hydrogens is 140 g/mol. The van der Waals surface area contributed by atoms with E-state index in [-0.39, 0.29) is 17.5 Å². The van der Waals surface area contributed by atoms with Crippen molar-refractivity contribution in [3.63, 3.8) is 0 Å². The Hall–Kier alpha value is -1.18. The van der Waals surface area contributed by atoms with E-state index in [9.17, 15) is 9.59 Å². The van der Waals surface area contributed by atoms with Crippen molar-refractivity contribution in [1.29, 1.82) is 0 Å². The first-order valence-corrected chi connectivity index (χ1v) is 3.71. The Labute approximate surface area is 64.6 Å². The average Bonchev–Trinajstić information content (AvgIpc) is 2.02. The monoisotopic (exact) mass is 148 g/mol. The van der Waals surface area contributed by atoms with Crippen LogP contribution in [-0.2, 0) is 9.59 Å². The lowest BCUT2D eigenvalue weighted by molar-refractivity contribution is -0.121. The highest BCUT2D eigenvalue weighted by Gasteiger charge is 2.26. The van der Waals surface area contributed by atoms with Gasteiger partial charge in [0, 0.05) is 12.3 Å². The first kappa shape index (κ1) is 6.53. The van der Waals surface area contributed by atoms with Gasteiger partial charge in [0.25, 0.3) is 0 Å². The SMILES string of the molecule is O=C1C=CC2CC1=CCC2=O. The molecule has 11 heavy (non-hydrogen) atoms. The van der Waals surface area contributed by atoms with Crippen LogP contribution in [0.15, 0.2) is 23.8 Å². The van der Waals surface area contributed by atoms with Gasteiger partial charge in [0.15, 0.2) is 5.78 Å². The maximum Gasteiger partial charge on any atom is 0.181 e. The predicted octanol–water partition coefficient (Wildman–Crippen LogP) is 1.03. The molecule has 0 fully saturated rings. The van der Waals surface area contributed by atoms with E-state index in [4.69, 9.17) is 0 Å². The van der Waals surface area contributed by atoms with E-state index in [1.54, 1.807) is 12.2 Å². The van der Waals surface area contributed by atoms with Gasteiger partial charge in [-0.25, -0.2) is 0 Å². The lowest BCUT2D eigenvalue weighted by Gasteiger charge is -2.20. The molecule has 0 heterocycles. The van der Waals surface area contributed by atoms with Crippen LogP contribution in [0.1, 0.15) is 12.8 Å². The van der Waals surface area contributed by atoms with Gasteiger partial charge in [0.2, 0.25) is 0 Å². The van der Waals surface area contributed by atoms with Gasteiger partial charge in [-0.2, -0.15) is 0 Å². The second kappa shape index (κ2) is 2.16. The average molecular weight is 148 g/mol. The highest BCUT2D eigenvalue weighted by molar-refractivity contribution is 6.08. The Balaban J connectivity index is 2.41. The Morgan fingerprint density at radius 1 is 1.36 bits per heavy atom. The van der Waals surface area contributed by atoms with Crippen molar-refractivity contribution in [2.75, 3.05) is 0 Å². The minimum atomic E-state index is -0.00676. The Kier molecular flexibility index (Phi) is 1.28. The zero-order valence-corrected chi connectivity index (χ0v) is 6.04. The smallest absolute Gasteiger partial charge is 0.181 e. The van der Waals surface area contributed by atoms with Crippen molar-refractivity contribution in [1.82, 2.24) is 0 Å². The molecule has 0 saturated heterocycles. The molecule has 0 aromatic carbocycles. The summed E-state index contributed by atoms with van der Waals surface area (Å²) in [4.78, 5) is 22.1. The molecule has 2 aliphatic rings. The maximum atomic E-state index is 11.1. The van der Waals surface area contributed by atoms with E-state index in [1.807, 2.05) is 0 Å². The molecule has 1 atom stereocenters. The first-order valence-electron chi connectivity index (χ1n) is 3.71. The molecule has 2 aliphatic carbocycles. The summed E-state index contributed by atoms with van der Waals surface area (Å²) >= 11 is 0. The number of rotatable bonds is 0. The normalized spacial score (nSPS) is 28.7. The van der Waals surface area contributed by atoms with Crippen LogP contribution < -0.4 is 0 Å². The fourth-order valence-corrected chi connectivity index (χ4v) is 1.50. The number of carbonyl (C=O) groups excluding carboxylic acids is 2. The number of fused-ring (bicyclic) bond motifs is 2. The number of allylic oxidation sites excluding steroid dienone is 4. The summed E-state index contributed by atoms with van der Waals surface area (Å²) in [5.74, 6) is 0.305. The molecule has 2 rings (SSSR count). The van der Waals surface area contributed by atoms with E-state index >= 15 is 0 Å². The molecule has 0 saturated carbocycles. The van der Waals surface area contributed by atoms with Crippen LogP contribution in [-0.4, -0.2) is 11.6 Å². The molecule has 2 heteroatoms. The molecule has 2 bridgehead atoms. The molecule has 0 aliphatic heterocycles. The van der Waals surface area contributed by atoms with Crippen LogP contribution in [0.4, 0.5) is 0 Å². The summed E-state index contributed by atoms with van der Waals surface area (Å²) < 4.78 is 0. The van der Waals surface area contributed by atoms with E-state index in [2.05, 4.69) is 0 Å². The number of hydrogen-bond donors (Lipinski definition) is 0. The van der Waals surface area contributed by atoms with Gasteiger partial charge >= 0.3 is 0 Å². The maximum absolute atomic E-state index is 11.1. The van der Waals surface area contributed by atoms with Gasteiger partial charge in [-0.05, 0) is 18.1 Å². The van der Waals surface area contributed by atoms with E-state index < -0.39 is 0 Å². The summed E-state index contributed by atoms with van der Waals surface area (Å²) in [7, 11) is 0. The largest absolute Gasteiger partial charge is 0.299 e. The van der Waals surface area contributed by atoms with Crippen molar-refractivity contribution < 1.29 is 9.59 Å². The predicted molar refractivity (Wildman–Crippen MR) is 40.0 cm³/mol. The van der Waals surface area contributed by atoms with Gasteiger partial charge in [0.05, 0.1) is 0 Å². The third-order valence-corrected chi connectivity index (χ3v) is 2.20. The zero-order valence-electron chi connectivity index (χ0n) is 6.04. The lowest BCUT2D eigenvalue weighted by Crippen LogP contribution is -2.23. The Morgan fingerprint density at radius 3 is 3.00 bits per heavy atom. The van der Waals surface area contributed by atoms with Crippen molar-refractivity contribution in [3.8, 4) is 0 Å². The second-order valence-corrected chi connectivity index (χ2v) is 2.93. The molecule has 0 N–H and O–H groups in total. The van der Waals surface area contributed by atoms with Crippen LogP contribution in [0.25, 0.3) is 0 Å². The Morgan fingerprint density at radius 2 is 2.18 bits per heavy atom. The lowest BCUT2D eigenvalue weighted by atomic mass is 9.82. The zero-order chi connectivity index (χ0) is 7.84. The number of Topliss-reactive ketones (excluding diaryl/α,β-unsaturated/α-hetero) is 1. The highest BCUT2D eigenvalue weighted by Crippen LogP contribution is 2.26. The number of ketones is 2.